The van der Waals surface area contributed by atoms with Crippen LogP contribution in [0.5, 0.6) is 0 Å². The van der Waals surface area contributed by atoms with Crippen molar-refractivity contribution in [3.8, 4) is 0 Å². The van der Waals surface area contributed by atoms with Crippen LogP contribution in [0.2, 0.25) is 0 Å². The van der Waals surface area contributed by atoms with Crippen LogP contribution in [0.4, 0.5) is 5.82 Å². The number of rotatable bonds is 1. The Morgan fingerprint density at radius 3 is 2.44 bits per heavy atom. The molecule has 1 fully saturated rings. The fourth-order valence-electron chi connectivity index (χ4n) is 2.20. The summed E-state index contributed by atoms with van der Waals surface area (Å²) in [6.45, 7) is 3.88. The van der Waals surface area contributed by atoms with E-state index in [1.54, 1.807) is 6.07 Å². The molecule has 1 aliphatic rings. The molecular formula is C12H19N3O. The summed E-state index contributed by atoms with van der Waals surface area (Å²) in [5.41, 5.74) is -0.0513. The van der Waals surface area contributed by atoms with Gasteiger partial charge in [-0.2, -0.15) is 0 Å². The smallest absolute Gasteiger partial charge is 0.252 e. The molecule has 0 amide bonds. The van der Waals surface area contributed by atoms with Crippen molar-refractivity contribution >= 4 is 5.82 Å². The SMILES string of the molecule is Cc1nc(N2CCCCCCC2)cc(=O)[nH]1. The second-order valence-corrected chi connectivity index (χ2v) is 4.44. The fourth-order valence-corrected chi connectivity index (χ4v) is 2.20. The second kappa shape index (κ2) is 5.14. The highest BCUT2D eigenvalue weighted by Crippen LogP contribution is 2.15. The molecular weight excluding hydrogens is 202 g/mol. The van der Waals surface area contributed by atoms with Crippen molar-refractivity contribution in [3.63, 3.8) is 0 Å². The first-order valence-corrected chi connectivity index (χ1v) is 6.08. The third-order valence-corrected chi connectivity index (χ3v) is 3.03. The topological polar surface area (TPSA) is 49.0 Å². The van der Waals surface area contributed by atoms with E-state index in [9.17, 15) is 4.79 Å². The summed E-state index contributed by atoms with van der Waals surface area (Å²) < 4.78 is 0. The van der Waals surface area contributed by atoms with Crippen LogP contribution in [0.1, 0.15) is 37.9 Å². The zero-order valence-electron chi connectivity index (χ0n) is 9.83. The summed E-state index contributed by atoms with van der Waals surface area (Å²) in [4.78, 5) is 20.7. The maximum atomic E-state index is 11.4. The number of hydrogen-bond donors (Lipinski definition) is 1. The Labute approximate surface area is 95.7 Å². The van der Waals surface area contributed by atoms with Crippen molar-refractivity contribution in [1.29, 1.82) is 0 Å². The lowest BCUT2D eigenvalue weighted by Crippen LogP contribution is -2.29. The Bertz CT molecular complexity index is 391. The van der Waals surface area contributed by atoms with Gasteiger partial charge in [0.05, 0.1) is 0 Å². The second-order valence-electron chi connectivity index (χ2n) is 4.44. The molecule has 0 spiro atoms. The summed E-state index contributed by atoms with van der Waals surface area (Å²) in [7, 11) is 0. The Hall–Kier alpha value is -1.32. The largest absolute Gasteiger partial charge is 0.356 e. The number of nitrogens with zero attached hydrogens (tertiary/aromatic N) is 2. The number of aryl methyl sites for hydroxylation is 1. The molecule has 4 heteroatoms. The summed E-state index contributed by atoms with van der Waals surface area (Å²) in [5.74, 6) is 1.53. The van der Waals surface area contributed by atoms with Crippen molar-refractivity contribution in [1.82, 2.24) is 9.97 Å². The van der Waals surface area contributed by atoms with E-state index < -0.39 is 0 Å². The van der Waals surface area contributed by atoms with E-state index in [2.05, 4.69) is 14.9 Å². The Morgan fingerprint density at radius 1 is 1.19 bits per heavy atom. The normalized spacial score (nSPS) is 17.9. The van der Waals surface area contributed by atoms with Gasteiger partial charge in [0, 0.05) is 19.2 Å². The first kappa shape index (κ1) is 11.2. The van der Waals surface area contributed by atoms with Gasteiger partial charge in [-0.05, 0) is 19.8 Å². The monoisotopic (exact) mass is 221 g/mol. The highest BCUT2D eigenvalue weighted by molar-refractivity contribution is 5.37. The van der Waals surface area contributed by atoms with Gasteiger partial charge in [0.1, 0.15) is 11.6 Å². The lowest BCUT2D eigenvalue weighted by atomic mass is 10.1. The number of hydrogen-bond acceptors (Lipinski definition) is 3. The van der Waals surface area contributed by atoms with Gasteiger partial charge >= 0.3 is 0 Å². The van der Waals surface area contributed by atoms with Crippen LogP contribution < -0.4 is 10.5 Å². The fraction of sp³-hybridized carbons (Fsp3) is 0.667. The van der Waals surface area contributed by atoms with Crippen LogP contribution >= 0.6 is 0 Å². The molecule has 2 heterocycles. The van der Waals surface area contributed by atoms with Gasteiger partial charge in [-0.1, -0.05) is 19.3 Å². The Balaban J connectivity index is 2.17. The van der Waals surface area contributed by atoms with E-state index in [0.29, 0.717) is 5.82 Å². The maximum absolute atomic E-state index is 11.4. The van der Waals surface area contributed by atoms with Gasteiger partial charge in [0.2, 0.25) is 0 Å². The lowest BCUT2D eigenvalue weighted by Gasteiger charge is -2.25. The van der Waals surface area contributed by atoms with E-state index in [0.717, 1.165) is 18.9 Å². The quantitative estimate of drug-likeness (QED) is 0.787. The molecule has 0 bridgehead atoms. The predicted octanol–water partition coefficient (Wildman–Crippen LogP) is 1.85. The summed E-state index contributed by atoms with van der Waals surface area (Å²) >= 11 is 0. The number of aromatic nitrogens is 2. The van der Waals surface area contributed by atoms with Gasteiger partial charge in [-0.25, -0.2) is 4.98 Å². The molecule has 88 valence electrons. The van der Waals surface area contributed by atoms with Crippen molar-refractivity contribution in [2.75, 3.05) is 18.0 Å². The molecule has 1 N–H and O–H groups in total. The van der Waals surface area contributed by atoms with Gasteiger partial charge in [-0.15, -0.1) is 0 Å². The summed E-state index contributed by atoms with van der Waals surface area (Å²) in [6, 6.07) is 1.61. The van der Waals surface area contributed by atoms with Crippen molar-refractivity contribution in [2.24, 2.45) is 0 Å². The molecule has 1 aromatic rings. The number of nitrogens with one attached hydrogen (secondary N) is 1. The van der Waals surface area contributed by atoms with Crippen LogP contribution in [-0.2, 0) is 0 Å². The van der Waals surface area contributed by atoms with Gasteiger partial charge in [0.25, 0.3) is 5.56 Å². The standard InChI is InChI=1S/C12H19N3O/c1-10-13-11(9-12(16)14-10)15-7-5-3-2-4-6-8-15/h9H,2-8H2,1H3,(H,13,14,16). The molecule has 1 aliphatic heterocycles. The van der Waals surface area contributed by atoms with Crippen molar-refractivity contribution < 1.29 is 0 Å². The Morgan fingerprint density at radius 2 is 1.81 bits per heavy atom. The summed E-state index contributed by atoms with van der Waals surface area (Å²) in [6.07, 6.45) is 6.33. The van der Waals surface area contributed by atoms with E-state index in [-0.39, 0.29) is 5.56 Å². The van der Waals surface area contributed by atoms with Gasteiger partial charge in [-0.3, -0.25) is 4.79 Å². The third-order valence-electron chi connectivity index (χ3n) is 3.03. The van der Waals surface area contributed by atoms with Crippen LogP contribution in [0, 0.1) is 6.92 Å². The average molecular weight is 221 g/mol. The Kier molecular flexibility index (Phi) is 3.59. The number of aromatic amines is 1. The molecule has 0 unspecified atom stereocenters. The van der Waals surface area contributed by atoms with E-state index in [4.69, 9.17) is 0 Å². The van der Waals surface area contributed by atoms with Crippen LogP contribution in [-0.4, -0.2) is 23.1 Å². The third kappa shape index (κ3) is 2.84. The highest BCUT2D eigenvalue weighted by atomic mass is 16.1. The first-order valence-electron chi connectivity index (χ1n) is 6.08. The van der Waals surface area contributed by atoms with Crippen molar-refractivity contribution in [3.05, 3.63) is 22.2 Å². The van der Waals surface area contributed by atoms with Crippen LogP contribution in [0.25, 0.3) is 0 Å². The molecule has 0 radical (unpaired) electrons. The van der Waals surface area contributed by atoms with Crippen molar-refractivity contribution in [2.45, 2.75) is 39.0 Å². The molecule has 0 atom stereocenters. The molecule has 0 aromatic carbocycles. The molecule has 16 heavy (non-hydrogen) atoms. The number of H-pyrrole nitrogens is 1. The molecule has 0 saturated carbocycles. The van der Waals surface area contributed by atoms with Gasteiger partial charge in [0.15, 0.2) is 0 Å². The summed E-state index contributed by atoms with van der Waals surface area (Å²) in [5, 5.41) is 0. The first-order chi connectivity index (χ1) is 7.75. The minimum absolute atomic E-state index is 0.0513. The molecule has 4 nitrogen and oxygen atoms in total. The lowest BCUT2D eigenvalue weighted by molar-refractivity contribution is 0.553. The minimum Gasteiger partial charge on any atom is -0.356 e. The molecule has 2 rings (SSSR count). The predicted molar refractivity (Wildman–Crippen MR) is 64.9 cm³/mol. The zero-order valence-corrected chi connectivity index (χ0v) is 9.83. The van der Waals surface area contributed by atoms with E-state index >= 15 is 0 Å². The van der Waals surface area contributed by atoms with Crippen LogP contribution in [0.15, 0.2) is 10.9 Å². The van der Waals surface area contributed by atoms with Crippen LogP contribution in [0.3, 0.4) is 0 Å². The van der Waals surface area contributed by atoms with Gasteiger partial charge < -0.3 is 9.88 Å². The zero-order chi connectivity index (χ0) is 11.4. The van der Waals surface area contributed by atoms with E-state index in [1.807, 2.05) is 6.92 Å². The minimum atomic E-state index is -0.0513. The number of anilines is 1. The van der Waals surface area contributed by atoms with E-state index in [1.165, 1.54) is 32.1 Å². The molecule has 0 aliphatic carbocycles. The molecule has 1 aromatic heterocycles. The molecule has 1 saturated heterocycles. The highest BCUT2D eigenvalue weighted by Gasteiger charge is 2.10. The average Bonchev–Trinajstić information content (AvgIpc) is 2.14. The maximum Gasteiger partial charge on any atom is 0.252 e.